The number of ether oxygens (including phenoxy) is 2. The molecule has 2 aliphatic rings. The maximum absolute atomic E-state index is 12.7. The van der Waals surface area contributed by atoms with Crippen molar-refractivity contribution in [1.29, 1.82) is 0 Å². The number of hydrogen-bond acceptors (Lipinski definition) is 4. The summed E-state index contributed by atoms with van der Waals surface area (Å²) < 4.78 is 13.1. The second kappa shape index (κ2) is 7.06. The number of rotatable bonds is 4. The molecule has 25 heavy (non-hydrogen) atoms. The third kappa shape index (κ3) is 3.56. The number of carbonyl (C=O) groups excluding carboxylic acids is 1. The van der Waals surface area contributed by atoms with Crippen LogP contribution in [0, 0.1) is 0 Å². The number of carboxylic acid groups (broad SMARTS) is 1. The zero-order valence-electron chi connectivity index (χ0n) is 13.3. The van der Waals surface area contributed by atoms with E-state index in [0.29, 0.717) is 17.0 Å². The molecule has 3 rings (SSSR count). The number of methoxy groups -OCH3 is 1. The fourth-order valence-electron chi connectivity index (χ4n) is 2.65. The average molecular weight is 405 g/mol. The number of aliphatic carboxylic acids is 1. The van der Waals surface area contributed by atoms with Crippen molar-refractivity contribution >= 4 is 39.6 Å². The van der Waals surface area contributed by atoms with E-state index in [1.165, 1.54) is 11.7 Å². The highest BCUT2D eigenvalue weighted by Gasteiger charge is 2.40. The lowest BCUT2D eigenvalue weighted by Gasteiger charge is -2.22. The van der Waals surface area contributed by atoms with Crippen LogP contribution in [-0.4, -0.2) is 47.0 Å². The fourth-order valence-corrected chi connectivity index (χ4v) is 3.03. The Morgan fingerprint density at radius 1 is 1.44 bits per heavy atom. The standard InChI is InChI=1S/C18H14BrNO5/c1-24-14-7-6-12(19)8-11(14)9-16-18(23)20(10-17(21)22)13-4-2-3-5-15(13)25-16/h2-9,15H,10H2,1H3/p+1/b16-9+. The number of hydrogen-bond donors (Lipinski definition) is 1. The van der Waals surface area contributed by atoms with Gasteiger partial charge in [0, 0.05) is 22.2 Å². The first kappa shape index (κ1) is 17.2. The molecular weight excluding hydrogens is 390 g/mol. The maximum Gasteiger partial charge on any atom is 0.455 e. The first-order valence-electron chi connectivity index (χ1n) is 7.47. The van der Waals surface area contributed by atoms with Crippen molar-refractivity contribution in [3.8, 4) is 5.75 Å². The molecule has 1 atom stereocenters. The molecule has 0 fully saturated rings. The summed E-state index contributed by atoms with van der Waals surface area (Å²) in [5.41, 5.74) is 1.16. The summed E-state index contributed by atoms with van der Waals surface area (Å²) in [5.74, 6) is -0.962. The van der Waals surface area contributed by atoms with Gasteiger partial charge in [0.05, 0.1) is 7.11 Å². The third-order valence-electron chi connectivity index (χ3n) is 3.75. The van der Waals surface area contributed by atoms with Gasteiger partial charge in [0.1, 0.15) is 5.75 Å². The van der Waals surface area contributed by atoms with Gasteiger partial charge in [0.15, 0.2) is 0 Å². The Hall–Kier alpha value is -2.67. The molecule has 0 spiro atoms. The quantitative estimate of drug-likeness (QED) is 0.615. The van der Waals surface area contributed by atoms with Gasteiger partial charge in [-0.25, -0.2) is 9.59 Å². The van der Waals surface area contributed by atoms with Crippen molar-refractivity contribution in [3.05, 3.63) is 58.3 Å². The van der Waals surface area contributed by atoms with E-state index < -0.39 is 24.5 Å². The molecule has 0 saturated carbocycles. The summed E-state index contributed by atoms with van der Waals surface area (Å²) in [6.45, 7) is -0.431. The monoisotopic (exact) mass is 404 g/mol. The molecule has 1 amide bonds. The van der Waals surface area contributed by atoms with E-state index in [4.69, 9.17) is 14.6 Å². The zero-order valence-corrected chi connectivity index (χ0v) is 14.9. The molecular formula is C18H15BrNO5+. The zero-order chi connectivity index (χ0) is 18.0. The molecule has 0 saturated heterocycles. The molecule has 1 heterocycles. The summed E-state index contributed by atoms with van der Waals surface area (Å²) in [5, 5.41) is 9.13. The highest BCUT2D eigenvalue weighted by atomic mass is 79.9. The van der Waals surface area contributed by atoms with Gasteiger partial charge in [-0.2, -0.15) is 0 Å². The highest BCUT2D eigenvalue weighted by Crippen LogP contribution is 2.27. The fraction of sp³-hybridized carbons (Fsp3) is 0.167. The maximum atomic E-state index is 12.7. The molecule has 7 heteroatoms. The topological polar surface area (TPSA) is 75.8 Å². The van der Waals surface area contributed by atoms with Crippen molar-refractivity contribution in [2.45, 2.75) is 6.10 Å². The molecule has 1 N–H and O–H groups in total. The SMILES string of the molecule is COc1ccc(Br)cc1/C=C1/OC2C=CC=CC2=[N+](CC(=O)O)C1=O. The van der Waals surface area contributed by atoms with E-state index >= 15 is 0 Å². The van der Waals surface area contributed by atoms with Crippen molar-refractivity contribution in [3.63, 3.8) is 0 Å². The molecule has 0 bridgehead atoms. The summed E-state index contributed by atoms with van der Waals surface area (Å²) in [7, 11) is 1.53. The number of nitrogens with zero attached hydrogens (tertiary/aromatic N) is 1. The van der Waals surface area contributed by atoms with E-state index in [1.54, 1.807) is 42.5 Å². The lowest BCUT2D eigenvalue weighted by Crippen LogP contribution is -2.44. The van der Waals surface area contributed by atoms with E-state index in [1.807, 2.05) is 6.07 Å². The van der Waals surface area contributed by atoms with Gasteiger partial charge in [-0.05, 0) is 24.3 Å². The van der Waals surface area contributed by atoms with Crippen LogP contribution in [-0.2, 0) is 14.3 Å². The number of allylic oxidation sites excluding steroid dienone is 2. The summed E-state index contributed by atoms with van der Waals surface area (Å²) in [6, 6.07) is 5.38. The van der Waals surface area contributed by atoms with Crippen LogP contribution >= 0.6 is 15.9 Å². The van der Waals surface area contributed by atoms with Gasteiger partial charge in [-0.15, -0.1) is 4.58 Å². The Labute approximate surface area is 152 Å². The second-order valence-electron chi connectivity index (χ2n) is 5.39. The van der Waals surface area contributed by atoms with Crippen LogP contribution < -0.4 is 4.74 Å². The van der Waals surface area contributed by atoms with E-state index in [9.17, 15) is 9.59 Å². The number of carbonyl (C=O) groups is 2. The van der Waals surface area contributed by atoms with Crippen LogP contribution in [0.25, 0.3) is 6.08 Å². The largest absolute Gasteiger partial charge is 0.496 e. The molecule has 1 unspecified atom stereocenters. The number of carboxylic acids is 1. The predicted molar refractivity (Wildman–Crippen MR) is 94.6 cm³/mol. The number of amides is 1. The molecule has 0 aromatic heterocycles. The summed E-state index contributed by atoms with van der Waals surface area (Å²) in [4.78, 5) is 23.9. The van der Waals surface area contributed by atoms with E-state index in [0.717, 1.165) is 4.47 Å². The minimum atomic E-state index is -1.09. The lowest BCUT2D eigenvalue weighted by molar-refractivity contribution is -0.445. The van der Waals surface area contributed by atoms with Crippen molar-refractivity contribution in [2.75, 3.05) is 13.7 Å². The lowest BCUT2D eigenvalue weighted by atomic mass is 10.1. The summed E-state index contributed by atoms with van der Waals surface area (Å²) >= 11 is 3.38. The van der Waals surface area contributed by atoms with Gasteiger partial charge >= 0.3 is 11.9 Å². The Morgan fingerprint density at radius 2 is 2.24 bits per heavy atom. The highest BCUT2D eigenvalue weighted by molar-refractivity contribution is 9.10. The van der Waals surface area contributed by atoms with E-state index in [-0.39, 0.29) is 5.76 Å². The van der Waals surface area contributed by atoms with Gasteiger partial charge in [0.25, 0.3) is 0 Å². The van der Waals surface area contributed by atoms with Gasteiger partial charge in [-0.3, -0.25) is 0 Å². The van der Waals surface area contributed by atoms with Gasteiger partial charge < -0.3 is 14.6 Å². The van der Waals surface area contributed by atoms with Crippen LogP contribution in [0.3, 0.4) is 0 Å². The Morgan fingerprint density at radius 3 is 2.96 bits per heavy atom. The first-order valence-corrected chi connectivity index (χ1v) is 8.26. The normalized spacial score (nSPS) is 20.5. The van der Waals surface area contributed by atoms with Crippen LogP contribution in [0.2, 0.25) is 0 Å². The minimum Gasteiger partial charge on any atom is -0.496 e. The van der Waals surface area contributed by atoms with Crippen LogP contribution in [0.5, 0.6) is 5.75 Å². The van der Waals surface area contributed by atoms with Gasteiger partial charge in [-0.1, -0.05) is 28.1 Å². The third-order valence-corrected chi connectivity index (χ3v) is 4.24. The molecule has 1 aromatic carbocycles. The van der Waals surface area contributed by atoms with Crippen molar-refractivity contribution in [1.82, 2.24) is 0 Å². The first-order chi connectivity index (χ1) is 12.0. The minimum absolute atomic E-state index is 0.0614. The van der Waals surface area contributed by atoms with Crippen LogP contribution in [0.1, 0.15) is 5.56 Å². The van der Waals surface area contributed by atoms with Crippen LogP contribution in [0.15, 0.2) is 52.7 Å². The second-order valence-corrected chi connectivity index (χ2v) is 6.30. The molecule has 128 valence electrons. The van der Waals surface area contributed by atoms with E-state index in [2.05, 4.69) is 15.9 Å². The molecule has 1 aliphatic carbocycles. The number of fused-ring (bicyclic) bond motifs is 1. The van der Waals surface area contributed by atoms with Crippen molar-refractivity contribution < 1.29 is 28.7 Å². The molecule has 6 nitrogen and oxygen atoms in total. The summed E-state index contributed by atoms with van der Waals surface area (Å²) in [6.07, 6.45) is 8.03. The molecule has 1 aromatic rings. The average Bonchev–Trinajstić information content (AvgIpc) is 2.58. The number of halogens is 1. The Balaban J connectivity index is 2.07. The number of benzene rings is 1. The molecule has 1 aliphatic heterocycles. The smallest absolute Gasteiger partial charge is 0.455 e. The van der Waals surface area contributed by atoms with Gasteiger partial charge in [0.2, 0.25) is 24.1 Å². The Bertz CT molecular complexity index is 866. The van der Waals surface area contributed by atoms with Crippen molar-refractivity contribution in [2.24, 2.45) is 0 Å². The molecule has 0 radical (unpaired) electrons. The Kier molecular flexibility index (Phi) is 4.85. The van der Waals surface area contributed by atoms with Crippen LogP contribution in [0.4, 0.5) is 0 Å². The predicted octanol–water partition coefficient (Wildman–Crippen LogP) is 2.39.